The Labute approximate surface area is 145 Å². The van der Waals surface area contributed by atoms with E-state index in [9.17, 15) is 10.1 Å². The van der Waals surface area contributed by atoms with Crippen LogP contribution in [0.15, 0.2) is 24.4 Å². The van der Waals surface area contributed by atoms with Crippen LogP contribution in [0.3, 0.4) is 0 Å². The molecule has 7 nitrogen and oxygen atoms in total. The molecule has 0 unspecified atom stereocenters. The largest absolute Gasteiger partial charge is 0.464 e. The Hall–Kier alpha value is -3.27. The van der Waals surface area contributed by atoms with Crippen LogP contribution in [0.2, 0.25) is 0 Å². The number of methoxy groups -OCH3 is 1. The van der Waals surface area contributed by atoms with Gasteiger partial charge in [-0.05, 0) is 18.2 Å². The first-order valence-electron chi connectivity index (χ1n) is 7.85. The fourth-order valence-electron chi connectivity index (χ4n) is 2.99. The lowest BCUT2D eigenvalue weighted by atomic mass is 10.2. The van der Waals surface area contributed by atoms with Crippen molar-refractivity contribution in [3.63, 3.8) is 0 Å². The number of nitrogens with zero attached hydrogens (tertiary/aromatic N) is 4. The number of rotatable bonds is 3. The molecule has 3 aromatic rings. The summed E-state index contributed by atoms with van der Waals surface area (Å²) in [5.41, 5.74) is 8.91. The summed E-state index contributed by atoms with van der Waals surface area (Å²) in [7, 11) is 3.26. The molecule has 0 aliphatic carbocycles. The number of carbonyl (C=O) groups is 1. The van der Waals surface area contributed by atoms with E-state index < -0.39 is 5.97 Å². The highest BCUT2D eigenvalue weighted by Crippen LogP contribution is 2.27. The van der Waals surface area contributed by atoms with Crippen LogP contribution in [0.5, 0.6) is 0 Å². The van der Waals surface area contributed by atoms with Gasteiger partial charge in [0, 0.05) is 24.8 Å². The van der Waals surface area contributed by atoms with Crippen LogP contribution in [0.25, 0.3) is 16.7 Å². The van der Waals surface area contributed by atoms with Gasteiger partial charge in [-0.2, -0.15) is 5.26 Å². The molecular weight excluding hydrogens is 318 g/mol. The molecule has 0 amide bonds. The third-order valence-electron chi connectivity index (χ3n) is 4.24. The van der Waals surface area contributed by atoms with Crippen molar-refractivity contribution in [2.24, 2.45) is 7.05 Å². The summed E-state index contributed by atoms with van der Waals surface area (Å²) >= 11 is 0. The Morgan fingerprint density at radius 3 is 2.72 bits per heavy atom. The van der Waals surface area contributed by atoms with Gasteiger partial charge in [0.2, 0.25) is 0 Å². The summed E-state index contributed by atoms with van der Waals surface area (Å²) in [4.78, 5) is 16.8. The van der Waals surface area contributed by atoms with Crippen LogP contribution < -0.4 is 5.73 Å². The minimum absolute atomic E-state index is 0.110. The number of hydrogen-bond donors (Lipinski definition) is 1. The average Bonchev–Trinajstić information content (AvgIpc) is 3.11. The maximum atomic E-state index is 12.1. The minimum atomic E-state index is -0.594. The molecule has 0 aliphatic heterocycles. The van der Waals surface area contributed by atoms with Crippen LogP contribution in [0.1, 0.15) is 41.6 Å². The molecular formula is C18H19N5O2. The SMILES string of the molecule is COC(=O)c1c(N)c(C#N)cn1-c1ccc2c(c1)nc(C(C)C)n2C. The van der Waals surface area contributed by atoms with Gasteiger partial charge in [0.05, 0.1) is 29.4 Å². The van der Waals surface area contributed by atoms with E-state index in [1.165, 1.54) is 13.3 Å². The Morgan fingerprint density at radius 2 is 2.12 bits per heavy atom. The number of nitrogen functional groups attached to an aromatic ring is 1. The zero-order valence-corrected chi connectivity index (χ0v) is 14.6. The van der Waals surface area contributed by atoms with E-state index in [2.05, 4.69) is 23.4 Å². The summed E-state index contributed by atoms with van der Waals surface area (Å²) < 4.78 is 8.43. The molecule has 2 heterocycles. The van der Waals surface area contributed by atoms with Gasteiger partial charge in [-0.1, -0.05) is 13.8 Å². The van der Waals surface area contributed by atoms with Gasteiger partial charge in [-0.25, -0.2) is 9.78 Å². The minimum Gasteiger partial charge on any atom is -0.464 e. The van der Waals surface area contributed by atoms with E-state index in [1.54, 1.807) is 4.57 Å². The summed E-state index contributed by atoms with van der Waals surface area (Å²) in [6, 6.07) is 7.67. The van der Waals surface area contributed by atoms with Crippen LogP contribution in [-0.2, 0) is 11.8 Å². The number of ether oxygens (including phenoxy) is 1. The van der Waals surface area contributed by atoms with E-state index in [1.807, 2.05) is 31.3 Å². The Bertz CT molecular complexity index is 1020. The highest BCUT2D eigenvalue weighted by molar-refractivity contribution is 5.96. The number of nitrogens with two attached hydrogens (primary N) is 1. The number of carbonyl (C=O) groups excluding carboxylic acids is 1. The van der Waals surface area contributed by atoms with Crippen molar-refractivity contribution in [1.82, 2.24) is 14.1 Å². The molecule has 0 saturated heterocycles. The second-order valence-corrected chi connectivity index (χ2v) is 6.14. The van der Waals surface area contributed by atoms with Gasteiger partial charge in [-0.3, -0.25) is 0 Å². The van der Waals surface area contributed by atoms with Crippen LogP contribution in [0.4, 0.5) is 5.69 Å². The van der Waals surface area contributed by atoms with E-state index in [4.69, 9.17) is 10.5 Å². The molecule has 128 valence electrons. The van der Waals surface area contributed by atoms with Gasteiger partial charge < -0.3 is 19.6 Å². The van der Waals surface area contributed by atoms with E-state index in [0.29, 0.717) is 11.6 Å². The third kappa shape index (κ3) is 2.52. The average molecular weight is 337 g/mol. The molecule has 2 aromatic heterocycles. The summed E-state index contributed by atoms with van der Waals surface area (Å²) in [5.74, 6) is 0.673. The smallest absolute Gasteiger partial charge is 0.357 e. The Balaban J connectivity index is 2.23. The number of aryl methyl sites for hydroxylation is 1. The predicted molar refractivity (Wildman–Crippen MR) is 94.6 cm³/mol. The number of esters is 1. The maximum Gasteiger partial charge on any atom is 0.357 e. The topological polar surface area (TPSA) is 98.9 Å². The fraction of sp³-hybridized carbons (Fsp3) is 0.278. The lowest BCUT2D eigenvalue weighted by Gasteiger charge is -2.08. The van der Waals surface area contributed by atoms with Gasteiger partial charge >= 0.3 is 5.97 Å². The molecule has 3 rings (SSSR count). The quantitative estimate of drug-likeness (QED) is 0.741. The number of fused-ring (bicyclic) bond motifs is 1. The Kier molecular flexibility index (Phi) is 3.97. The molecule has 1 aromatic carbocycles. The second-order valence-electron chi connectivity index (χ2n) is 6.14. The molecule has 0 radical (unpaired) electrons. The van der Waals surface area contributed by atoms with Crippen molar-refractivity contribution in [1.29, 1.82) is 5.26 Å². The molecule has 2 N–H and O–H groups in total. The van der Waals surface area contributed by atoms with Crippen molar-refractivity contribution >= 4 is 22.7 Å². The summed E-state index contributed by atoms with van der Waals surface area (Å²) in [6.45, 7) is 4.17. The molecule has 0 bridgehead atoms. The molecule has 25 heavy (non-hydrogen) atoms. The van der Waals surface area contributed by atoms with Crippen molar-refractivity contribution in [3.05, 3.63) is 41.5 Å². The Morgan fingerprint density at radius 1 is 1.40 bits per heavy atom. The molecule has 0 aliphatic rings. The predicted octanol–water partition coefficient (Wildman–Crippen LogP) is 2.73. The number of imidazole rings is 1. The van der Waals surface area contributed by atoms with E-state index >= 15 is 0 Å². The van der Waals surface area contributed by atoms with Gasteiger partial charge in [0.1, 0.15) is 11.9 Å². The first kappa shape index (κ1) is 16.6. The highest BCUT2D eigenvalue weighted by atomic mass is 16.5. The molecule has 7 heteroatoms. The number of hydrogen-bond acceptors (Lipinski definition) is 5. The molecule has 0 saturated carbocycles. The fourth-order valence-corrected chi connectivity index (χ4v) is 2.99. The van der Waals surface area contributed by atoms with Gasteiger partial charge in [0.25, 0.3) is 0 Å². The number of nitriles is 1. The normalized spacial score (nSPS) is 11.0. The van der Waals surface area contributed by atoms with Crippen LogP contribution in [0, 0.1) is 11.3 Å². The highest BCUT2D eigenvalue weighted by Gasteiger charge is 2.22. The van der Waals surface area contributed by atoms with Crippen molar-refractivity contribution < 1.29 is 9.53 Å². The van der Waals surface area contributed by atoms with Crippen molar-refractivity contribution in [3.8, 4) is 11.8 Å². The molecule has 0 spiro atoms. The maximum absolute atomic E-state index is 12.1. The third-order valence-corrected chi connectivity index (χ3v) is 4.24. The van der Waals surface area contributed by atoms with Crippen molar-refractivity contribution in [2.75, 3.05) is 12.8 Å². The summed E-state index contributed by atoms with van der Waals surface area (Å²) in [5, 5.41) is 9.22. The van der Waals surface area contributed by atoms with Gasteiger partial charge in [0.15, 0.2) is 5.69 Å². The zero-order chi connectivity index (χ0) is 18.3. The molecule has 0 fully saturated rings. The number of anilines is 1. The lowest BCUT2D eigenvalue weighted by Crippen LogP contribution is -2.11. The van der Waals surface area contributed by atoms with Gasteiger partial charge in [-0.15, -0.1) is 0 Å². The number of aromatic nitrogens is 3. The second kappa shape index (κ2) is 5.98. The van der Waals surface area contributed by atoms with E-state index in [-0.39, 0.29) is 16.9 Å². The summed E-state index contributed by atoms with van der Waals surface area (Å²) in [6.07, 6.45) is 1.54. The van der Waals surface area contributed by atoms with Crippen molar-refractivity contribution in [2.45, 2.75) is 19.8 Å². The monoisotopic (exact) mass is 337 g/mol. The van der Waals surface area contributed by atoms with Crippen LogP contribution >= 0.6 is 0 Å². The number of benzene rings is 1. The van der Waals surface area contributed by atoms with Crippen LogP contribution in [-0.4, -0.2) is 27.2 Å². The first-order chi connectivity index (χ1) is 11.9. The first-order valence-corrected chi connectivity index (χ1v) is 7.85. The standard InChI is InChI=1S/C18H19N5O2/c1-10(2)17-21-13-7-12(5-6-14(13)22(17)3)23-9-11(8-19)15(20)16(23)18(24)25-4/h5-7,9-10H,20H2,1-4H3. The lowest BCUT2D eigenvalue weighted by molar-refractivity contribution is 0.0593. The molecule has 0 atom stereocenters. The van der Waals surface area contributed by atoms with E-state index in [0.717, 1.165) is 16.9 Å². The zero-order valence-electron chi connectivity index (χ0n) is 14.6.